The zero-order valence-corrected chi connectivity index (χ0v) is 12.1. The standard InChI is InChI=1S/C19H16N2O/c22-19-18-10-6-5-9-16(18)8-4-2-1-3-7-15-11-12-20-13-17(15)14-21-19/h1-7,9-14,20H,8H2/b3-1-,4-2-,15-7-,21-14-. The molecule has 3 rings (SSSR count). The monoisotopic (exact) mass is 288 g/mol. The molecule has 0 saturated carbocycles. The van der Waals surface area contributed by atoms with E-state index in [0.29, 0.717) is 12.0 Å². The summed E-state index contributed by atoms with van der Waals surface area (Å²) in [5.74, 6) is -0.217. The Morgan fingerprint density at radius 1 is 1.05 bits per heavy atom. The van der Waals surface area contributed by atoms with E-state index in [9.17, 15) is 4.79 Å². The van der Waals surface area contributed by atoms with Crippen LogP contribution in [0, 0.1) is 0 Å². The van der Waals surface area contributed by atoms with E-state index < -0.39 is 0 Å². The van der Waals surface area contributed by atoms with Crippen molar-refractivity contribution in [1.82, 2.24) is 5.32 Å². The zero-order chi connectivity index (χ0) is 15.2. The molecule has 0 bridgehead atoms. The molecule has 0 saturated heterocycles. The Hall–Kier alpha value is -2.94. The molecule has 22 heavy (non-hydrogen) atoms. The summed E-state index contributed by atoms with van der Waals surface area (Å²) < 4.78 is 0. The van der Waals surface area contributed by atoms with E-state index >= 15 is 0 Å². The minimum atomic E-state index is -0.217. The highest BCUT2D eigenvalue weighted by Gasteiger charge is 2.09. The lowest BCUT2D eigenvalue weighted by Gasteiger charge is -2.08. The molecule has 2 heterocycles. The average molecular weight is 288 g/mol. The van der Waals surface area contributed by atoms with Gasteiger partial charge < -0.3 is 5.32 Å². The van der Waals surface area contributed by atoms with Crippen molar-refractivity contribution in [2.45, 2.75) is 6.42 Å². The fourth-order valence-electron chi connectivity index (χ4n) is 2.32. The minimum absolute atomic E-state index is 0.217. The Morgan fingerprint density at radius 3 is 2.91 bits per heavy atom. The molecule has 1 aromatic rings. The average Bonchev–Trinajstić information content (AvgIpc) is 2.57. The number of carbonyl (C=O) groups is 1. The first-order valence-electron chi connectivity index (χ1n) is 7.17. The molecular weight excluding hydrogens is 272 g/mol. The number of nitrogens with one attached hydrogen (secondary N) is 1. The van der Waals surface area contributed by atoms with Crippen LogP contribution in [0.4, 0.5) is 0 Å². The second-order valence-electron chi connectivity index (χ2n) is 4.96. The number of hydrogen-bond donors (Lipinski definition) is 1. The van der Waals surface area contributed by atoms with Crippen molar-refractivity contribution in [2.24, 2.45) is 4.99 Å². The number of benzene rings is 1. The first-order chi connectivity index (χ1) is 10.8. The Kier molecular flexibility index (Phi) is 4.25. The molecule has 0 fully saturated rings. The van der Waals surface area contributed by atoms with Crippen molar-refractivity contribution in [1.29, 1.82) is 0 Å². The predicted molar refractivity (Wildman–Crippen MR) is 89.7 cm³/mol. The molecule has 2 aliphatic heterocycles. The molecule has 1 amide bonds. The van der Waals surface area contributed by atoms with E-state index in [-0.39, 0.29) is 5.91 Å². The summed E-state index contributed by atoms with van der Waals surface area (Å²) >= 11 is 0. The summed E-state index contributed by atoms with van der Waals surface area (Å²) in [6.45, 7) is 0. The van der Waals surface area contributed by atoms with Gasteiger partial charge in [0, 0.05) is 29.8 Å². The highest BCUT2D eigenvalue weighted by atomic mass is 16.1. The van der Waals surface area contributed by atoms with E-state index in [1.807, 2.05) is 73.1 Å². The van der Waals surface area contributed by atoms with Crippen LogP contribution in [0.5, 0.6) is 0 Å². The molecule has 3 nitrogen and oxygen atoms in total. The Labute approximate surface area is 129 Å². The maximum atomic E-state index is 12.4. The van der Waals surface area contributed by atoms with Gasteiger partial charge in [0.25, 0.3) is 5.91 Å². The number of nitrogens with zero attached hydrogens (tertiary/aromatic N) is 1. The number of allylic oxidation sites excluding steroid dienone is 8. The van der Waals surface area contributed by atoms with Gasteiger partial charge in [-0.3, -0.25) is 4.79 Å². The lowest BCUT2D eigenvalue weighted by molar-refractivity contribution is 0.100. The molecule has 1 aromatic carbocycles. The highest BCUT2D eigenvalue weighted by molar-refractivity contribution is 6.03. The van der Waals surface area contributed by atoms with Crippen LogP contribution in [0.1, 0.15) is 15.9 Å². The molecular formula is C19H16N2O. The normalized spacial score (nSPS) is 23.9. The van der Waals surface area contributed by atoms with Crippen molar-refractivity contribution >= 4 is 12.1 Å². The molecule has 0 aromatic heterocycles. The molecule has 0 aliphatic carbocycles. The molecule has 0 unspecified atom stereocenters. The van der Waals surface area contributed by atoms with E-state index in [2.05, 4.69) is 10.3 Å². The molecule has 3 heteroatoms. The van der Waals surface area contributed by atoms with Gasteiger partial charge in [-0.05, 0) is 29.7 Å². The third-order valence-corrected chi connectivity index (χ3v) is 3.47. The van der Waals surface area contributed by atoms with Crippen LogP contribution < -0.4 is 5.32 Å². The van der Waals surface area contributed by atoms with Crippen molar-refractivity contribution in [3.63, 3.8) is 0 Å². The predicted octanol–water partition coefficient (Wildman–Crippen LogP) is 3.49. The third kappa shape index (κ3) is 3.20. The SMILES string of the molecule is O=C1/N=C\C2=CNC=C/C2=C/C=C\C=C/Cc2ccccc21. The summed E-state index contributed by atoms with van der Waals surface area (Å²) in [5, 5.41) is 3.02. The van der Waals surface area contributed by atoms with Crippen LogP contribution >= 0.6 is 0 Å². The van der Waals surface area contributed by atoms with Crippen molar-refractivity contribution in [3.8, 4) is 0 Å². The van der Waals surface area contributed by atoms with Crippen LogP contribution in [-0.2, 0) is 6.42 Å². The summed E-state index contributed by atoms with van der Waals surface area (Å²) in [6.07, 6.45) is 17.9. The summed E-state index contributed by atoms with van der Waals surface area (Å²) in [7, 11) is 0. The lowest BCUT2D eigenvalue weighted by Crippen LogP contribution is -2.06. The van der Waals surface area contributed by atoms with Crippen LogP contribution in [0.3, 0.4) is 0 Å². The van der Waals surface area contributed by atoms with Gasteiger partial charge in [0.05, 0.1) is 0 Å². The second-order valence-corrected chi connectivity index (χ2v) is 4.96. The number of carbonyl (C=O) groups excluding carboxylic acids is 1. The van der Waals surface area contributed by atoms with E-state index in [4.69, 9.17) is 0 Å². The van der Waals surface area contributed by atoms with Crippen molar-refractivity contribution < 1.29 is 4.79 Å². The number of aliphatic imine (C=N–C) groups is 1. The quantitative estimate of drug-likeness (QED) is 0.794. The smallest absolute Gasteiger partial charge is 0.277 e. The van der Waals surface area contributed by atoms with E-state index in [1.54, 1.807) is 6.21 Å². The fraction of sp³-hybridized carbons (Fsp3) is 0.0526. The van der Waals surface area contributed by atoms with Gasteiger partial charge in [-0.15, -0.1) is 0 Å². The van der Waals surface area contributed by atoms with Crippen LogP contribution in [0.2, 0.25) is 0 Å². The second kappa shape index (κ2) is 6.68. The third-order valence-electron chi connectivity index (χ3n) is 3.47. The van der Waals surface area contributed by atoms with Crippen molar-refractivity contribution in [3.05, 3.63) is 95.4 Å². The first-order valence-corrected chi connectivity index (χ1v) is 7.17. The van der Waals surface area contributed by atoms with E-state index in [0.717, 1.165) is 16.7 Å². The highest BCUT2D eigenvalue weighted by Crippen LogP contribution is 2.15. The fourth-order valence-corrected chi connectivity index (χ4v) is 2.32. The van der Waals surface area contributed by atoms with Gasteiger partial charge in [0.2, 0.25) is 0 Å². The molecule has 0 radical (unpaired) electrons. The Balaban J connectivity index is 2.02. The van der Waals surface area contributed by atoms with Crippen molar-refractivity contribution in [2.75, 3.05) is 0 Å². The summed E-state index contributed by atoms with van der Waals surface area (Å²) in [4.78, 5) is 16.5. The van der Waals surface area contributed by atoms with Crippen LogP contribution in [0.15, 0.2) is 89.3 Å². The zero-order valence-electron chi connectivity index (χ0n) is 12.1. The van der Waals surface area contributed by atoms with Gasteiger partial charge in [0.1, 0.15) is 0 Å². The number of dihydropyridines is 1. The van der Waals surface area contributed by atoms with E-state index in [1.165, 1.54) is 0 Å². The number of fused-ring (bicyclic) bond motifs is 2. The number of rotatable bonds is 0. The number of hydrogen-bond acceptors (Lipinski definition) is 2. The molecule has 0 spiro atoms. The summed E-state index contributed by atoms with van der Waals surface area (Å²) in [6, 6.07) is 7.59. The maximum absolute atomic E-state index is 12.4. The maximum Gasteiger partial charge on any atom is 0.277 e. The Bertz CT molecular complexity index is 761. The molecule has 2 aliphatic rings. The van der Waals surface area contributed by atoms with Gasteiger partial charge in [-0.25, -0.2) is 4.99 Å². The lowest BCUT2D eigenvalue weighted by atomic mass is 10.0. The largest absolute Gasteiger partial charge is 0.367 e. The van der Waals surface area contributed by atoms with Gasteiger partial charge in [0.15, 0.2) is 0 Å². The molecule has 1 N–H and O–H groups in total. The molecule has 0 atom stereocenters. The topological polar surface area (TPSA) is 41.5 Å². The van der Waals surface area contributed by atoms with Gasteiger partial charge in [-0.1, -0.05) is 48.6 Å². The number of amides is 1. The summed E-state index contributed by atoms with van der Waals surface area (Å²) in [5.41, 5.74) is 3.52. The van der Waals surface area contributed by atoms with Gasteiger partial charge >= 0.3 is 0 Å². The Morgan fingerprint density at radius 2 is 1.95 bits per heavy atom. The van der Waals surface area contributed by atoms with Crippen LogP contribution in [-0.4, -0.2) is 12.1 Å². The van der Waals surface area contributed by atoms with Gasteiger partial charge in [-0.2, -0.15) is 0 Å². The first kappa shape index (κ1) is 14.0. The molecule has 108 valence electrons. The minimum Gasteiger partial charge on any atom is -0.367 e. The van der Waals surface area contributed by atoms with Crippen LogP contribution in [0.25, 0.3) is 0 Å².